The van der Waals surface area contributed by atoms with Crippen molar-refractivity contribution in [1.29, 1.82) is 0 Å². The van der Waals surface area contributed by atoms with Gasteiger partial charge in [-0.1, -0.05) is 60.3 Å². The van der Waals surface area contributed by atoms with Gasteiger partial charge in [-0.15, -0.1) is 0 Å². The second-order valence-corrected chi connectivity index (χ2v) is 4.08. The Kier molecular flexibility index (Phi) is 5.14. The molecule has 0 heterocycles. The smallest absolute Gasteiger partial charge is 0.0210 e. The molecule has 0 fully saturated rings. The summed E-state index contributed by atoms with van der Waals surface area (Å²) in [5.41, 5.74) is 1.32. The maximum atomic E-state index is 3.53. The van der Waals surface area contributed by atoms with Crippen LogP contribution in [0.1, 0.15) is 38.2 Å². The maximum absolute atomic E-state index is 3.53. The normalized spacial score (nSPS) is 10.3. The molecule has 1 radical (unpaired) electrons. The topological polar surface area (TPSA) is 0 Å². The fourth-order valence-electron chi connectivity index (χ4n) is 1.29. The molecule has 0 bridgehead atoms. The molecule has 0 aliphatic heterocycles. The fourth-order valence-corrected chi connectivity index (χ4v) is 1.74. The number of hydrogen-bond acceptors (Lipinski definition) is 0. The summed E-state index contributed by atoms with van der Waals surface area (Å²) in [5.74, 6) is 0. The lowest BCUT2D eigenvalue weighted by Gasteiger charge is -2.02. The average Bonchev–Trinajstić information content (AvgIpc) is 2.15. The van der Waals surface area contributed by atoms with E-state index < -0.39 is 0 Å². The number of halogens is 1. The minimum atomic E-state index is 1.19. The van der Waals surface area contributed by atoms with E-state index in [0.29, 0.717) is 0 Å². The molecule has 0 aromatic heterocycles. The van der Waals surface area contributed by atoms with Crippen molar-refractivity contribution in [1.82, 2.24) is 0 Å². The van der Waals surface area contributed by atoms with Gasteiger partial charge in [-0.25, -0.2) is 0 Å². The summed E-state index contributed by atoms with van der Waals surface area (Å²) in [6.45, 7) is 2.23. The molecule has 1 heteroatoms. The molecule has 0 nitrogen and oxygen atoms in total. The third-order valence-electron chi connectivity index (χ3n) is 2.08. The van der Waals surface area contributed by atoms with Crippen LogP contribution in [0.2, 0.25) is 0 Å². The minimum Gasteiger partial charge on any atom is -0.0654 e. The van der Waals surface area contributed by atoms with Crippen LogP contribution in [-0.4, -0.2) is 0 Å². The Balaban J connectivity index is 2.32. The van der Waals surface area contributed by atoms with Gasteiger partial charge in [-0.05, 0) is 24.5 Å². The predicted octanol–water partition coefficient (Wildman–Crippen LogP) is 4.58. The molecule has 0 saturated heterocycles. The monoisotopic (exact) mass is 239 g/mol. The van der Waals surface area contributed by atoms with Gasteiger partial charge < -0.3 is 0 Å². The maximum Gasteiger partial charge on any atom is 0.0210 e. The summed E-state index contributed by atoms with van der Waals surface area (Å²) in [4.78, 5) is 0. The highest BCUT2D eigenvalue weighted by Crippen LogP contribution is 2.19. The van der Waals surface area contributed by atoms with Crippen molar-refractivity contribution in [2.75, 3.05) is 0 Å². The Bertz CT molecular complexity index is 243. The first-order chi connectivity index (χ1) is 6.34. The highest BCUT2D eigenvalue weighted by molar-refractivity contribution is 9.10. The van der Waals surface area contributed by atoms with Gasteiger partial charge in [0.2, 0.25) is 0 Å². The molecule has 0 amide bonds. The van der Waals surface area contributed by atoms with Crippen molar-refractivity contribution in [2.45, 2.75) is 32.6 Å². The molecular weight excluding hydrogens is 224 g/mol. The molecule has 0 spiro atoms. The fraction of sp³-hybridized carbons (Fsp3) is 0.417. The van der Waals surface area contributed by atoms with E-state index in [9.17, 15) is 0 Å². The highest BCUT2D eigenvalue weighted by Gasteiger charge is 1.97. The third-order valence-corrected chi connectivity index (χ3v) is 2.80. The van der Waals surface area contributed by atoms with Crippen LogP contribution in [0, 0.1) is 6.42 Å². The minimum absolute atomic E-state index is 1.19. The molecule has 13 heavy (non-hydrogen) atoms. The Morgan fingerprint density at radius 1 is 1.23 bits per heavy atom. The number of unbranched alkanes of at least 4 members (excludes halogenated alkanes) is 3. The lowest BCUT2D eigenvalue weighted by molar-refractivity contribution is 0.714. The summed E-state index contributed by atoms with van der Waals surface area (Å²) in [7, 11) is 0. The summed E-state index contributed by atoms with van der Waals surface area (Å²) >= 11 is 3.53. The first-order valence-electron chi connectivity index (χ1n) is 4.92. The third kappa shape index (κ3) is 3.95. The van der Waals surface area contributed by atoms with E-state index >= 15 is 0 Å². The number of benzene rings is 1. The molecule has 71 valence electrons. The van der Waals surface area contributed by atoms with E-state index in [2.05, 4.69) is 47.5 Å². The second-order valence-electron chi connectivity index (χ2n) is 3.22. The van der Waals surface area contributed by atoms with Gasteiger partial charge in [-0.3, -0.25) is 0 Å². The quantitative estimate of drug-likeness (QED) is 0.660. The van der Waals surface area contributed by atoms with Crippen LogP contribution in [0.25, 0.3) is 0 Å². The molecular formula is C12H16Br. The Morgan fingerprint density at radius 2 is 2.00 bits per heavy atom. The summed E-state index contributed by atoms with van der Waals surface area (Å²) in [6.07, 6.45) is 7.43. The average molecular weight is 240 g/mol. The van der Waals surface area contributed by atoms with E-state index in [4.69, 9.17) is 0 Å². The van der Waals surface area contributed by atoms with Crippen LogP contribution in [-0.2, 0) is 0 Å². The van der Waals surface area contributed by atoms with Gasteiger partial charge in [-0.2, -0.15) is 0 Å². The zero-order chi connectivity index (χ0) is 9.52. The van der Waals surface area contributed by atoms with Crippen molar-refractivity contribution in [3.8, 4) is 0 Å². The van der Waals surface area contributed by atoms with Crippen LogP contribution in [0.15, 0.2) is 28.7 Å². The molecule has 0 saturated carbocycles. The molecule has 0 N–H and O–H groups in total. The highest BCUT2D eigenvalue weighted by atomic mass is 79.9. The summed E-state index contributed by atoms with van der Waals surface area (Å²) < 4.78 is 1.20. The SMILES string of the molecule is CCCCC[CH]c1ccccc1Br. The largest absolute Gasteiger partial charge is 0.0654 e. The molecule has 1 aromatic rings. The zero-order valence-electron chi connectivity index (χ0n) is 8.09. The van der Waals surface area contributed by atoms with Crippen molar-refractivity contribution >= 4 is 15.9 Å². The Hall–Kier alpha value is -0.300. The first-order valence-corrected chi connectivity index (χ1v) is 5.71. The van der Waals surface area contributed by atoms with Gasteiger partial charge in [0.05, 0.1) is 0 Å². The van der Waals surface area contributed by atoms with E-state index in [1.54, 1.807) is 0 Å². The van der Waals surface area contributed by atoms with Crippen molar-refractivity contribution in [3.05, 3.63) is 40.7 Å². The number of hydrogen-bond donors (Lipinski definition) is 0. The Labute approximate surface area is 89.5 Å². The van der Waals surface area contributed by atoms with E-state index in [1.807, 2.05) is 6.07 Å². The molecule has 0 aliphatic rings. The van der Waals surface area contributed by atoms with E-state index in [0.717, 1.165) is 0 Å². The standard InChI is InChI=1S/C12H16Br/c1-2-3-4-5-8-11-9-6-7-10-12(11)13/h6-10H,2-5H2,1H3. The molecule has 0 aliphatic carbocycles. The van der Waals surface area contributed by atoms with Crippen molar-refractivity contribution in [3.63, 3.8) is 0 Å². The van der Waals surface area contributed by atoms with Crippen LogP contribution in [0.5, 0.6) is 0 Å². The van der Waals surface area contributed by atoms with Crippen molar-refractivity contribution in [2.24, 2.45) is 0 Å². The van der Waals surface area contributed by atoms with Gasteiger partial charge in [0.1, 0.15) is 0 Å². The lowest BCUT2D eigenvalue weighted by Crippen LogP contribution is -1.83. The van der Waals surface area contributed by atoms with Gasteiger partial charge in [0, 0.05) is 4.47 Å². The predicted molar refractivity (Wildman–Crippen MR) is 61.7 cm³/mol. The lowest BCUT2D eigenvalue weighted by atomic mass is 10.1. The van der Waals surface area contributed by atoms with Crippen LogP contribution >= 0.6 is 15.9 Å². The van der Waals surface area contributed by atoms with Gasteiger partial charge >= 0.3 is 0 Å². The molecule has 1 rings (SSSR count). The Morgan fingerprint density at radius 3 is 2.69 bits per heavy atom. The van der Waals surface area contributed by atoms with Gasteiger partial charge in [0.25, 0.3) is 0 Å². The van der Waals surface area contributed by atoms with Crippen LogP contribution in [0.3, 0.4) is 0 Å². The molecule has 0 atom stereocenters. The van der Waals surface area contributed by atoms with Crippen LogP contribution in [0.4, 0.5) is 0 Å². The summed E-state index contributed by atoms with van der Waals surface area (Å²) in [6, 6.07) is 8.37. The van der Waals surface area contributed by atoms with Crippen molar-refractivity contribution < 1.29 is 0 Å². The number of rotatable bonds is 5. The first kappa shape index (κ1) is 10.8. The second kappa shape index (κ2) is 6.20. The van der Waals surface area contributed by atoms with E-state index in [-0.39, 0.29) is 0 Å². The van der Waals surface area contributed by atoms with E-state index in [1.165, 1.54) is 35.7 Å². The summed E-state index contributed by atoms with van der Waals surface area (Å²) in [5, 5.41) is 0. The van der Waals surface area contributed by atoms with Crippen LogP contribution < -0.4 is 0 Å². The molecule has 1 aromatic carbocycles. The van der Waals surface area contributed by atoms with Gasteiger partial charge in [0.15, 0.2) is 0 Å². The zero-order valence-corrected chi connectivity index (χ0v) is 9.68. The molecule has 0 unspecified atom stereocenters.